The highest BCUT2D eigenvalue weighted by Crippen LogP contribution is 2.44. The van der Waals surface area contributed by atoms with E-state index in [1.54, 1.807) is 6.21 Å². The van der Waals surface area contributed by atoms with Gasteiger partial charge in [-0.2, -0.15) is 5.10 Å². The number of anilines is 1. The van der Waals surface area contributed by atoms with E-state index >= 15 is 0 Å². The number of carbonyl (C=O) groups excluding carboxylic acids is 1. The van der Waals surface area contributed by atoms with Crippen molar-refractivity contribution in [2.24, 2.45) is 5.10 Å². The molecule has 1 heterocycles. The van der Waals surface area contributed by atoms with Crippen molar-refractivity contribution >= 4 is 29.4 Å². The molecule has 3 rings (SSSR count). The summed E-state index contributed by atoms with van der Waals surface area (Å²) in [7, 11) is 2.09. The van der Waals surface area contributed by atoms with Crippen molar-refractivity contribution in [3.8, 4) is 5.75 Å². The van der Waals surface area contributed by atoms with Gasteiger partial charge in [0.25, 0.3) is 5.91 Å². The first-order valence-electron chi connectivity index (χ1n) is 8.89. The van der Waals surface area contributed by atoms with Crippen molar-refractivity contribution in [2.75, 3.05) is 11.9 Å². The fraction of sp³-hybridized carbons (Fsp3) is 0.333. The fourth-order valence-electron chi connectivity index (χ4n) is 3.54. The van der Waals surface area contributed by atoms with Gasteiger partial charge in [0, 0.05) is 29.4 Å². The summed E-state index contributed by atoms with van der Waals surface area (Å²) in [4.78, 5) is 14.3. The first-order valence-corrected chi connectivity index (χ1v) is 9.26. The first kappa shape index (κ1) is 19.2. The van der Waals surface area contributed by atoms with Gasteiger partial charge in [-0.15, -0.1) is 0 Å². The molecule has 0 fully saturated rings. The van der Waals surface area contributed by atoms with Crippen molar-refractivity contribution in [1.29, 1.82) is 0 Å². The molecule has 1 atom stereocenters. The van der Waals surface area contributed by atoms with E-state index in [0.717, 1.165) is 17.7 Å². The highest BCUT2D eigenvalue weighted by molar-refractivity contribution is 6.33. The zero-order valence-corrected chi connectivity index (χ0v) is 16.7. The van der Waals surface area contributed by atoms with Gasteiger partial charge < -0.3 is 10.0 Å². The summed E-state index contributed by atoms with van der Waals surface area (Å²) in [6.07, 6.45) is 2.61. The average molecular weight is 386 g/mol. The van der Waals surface area contributed by atoms with Gasteiger partial charge in [-0.3, -0.25) is 4.79 Å². The molecule has 0 aromatic heterocycles. The maximum atomic E-state index is 12.1. The Morgan fingerprint density at radius 1 is 1.33 bits per heavy atom. The molecule has 142 valence electrons. The average Bonchev–Trinajstić information content (AvgIpc) is 2.61. The summed E-state index contributed by atoms with van der Waals surface area (Å²) < 4.78 is 0. The van der Waals surface area contributed by atoms with Crippen molar-refractivity contribution < 1.29 is 9.90 Å². The molecule has 0 radical (unpaired) electrons. The van der Waals surface area contributed by atoms with Gasteiger partial charge in [0.05, 0.1) is 11.2 Å². The van der Waals surface area contributed by atoms with E-state index in [4.69, 9.17) is 11.6 Å². The lowest BCUT2D eigenvalue weighted by atomic mass is 9.80. The second-order valence-corrected chi connectivity index (χ2v) is 8.06. The topological polar surface area (TPSA) is 64.9 Å². The normalized spacial score (nSPS) is 18.4. The lowest BCUT2D eigenvalue weighted by Gasteiger charge is -2.45. The van der Waals surface area contributed by atoms with Gasteiger partial charge in [-0.25, -0.2) is 5.43 Å². The number of phenolic OH excluding ortho intramolecular Hbond substituents is 1. The predicted octanol–water partition coefficient (Wildman–Crippen LogP) is 4.53. The summed E-state index contributed by atoms with van der Waals surface area (Å²) >= 11 is 6.46. The molecule has 0 bridgehead atoms. The zero-order chi connectivity index (χ0) is 19.8. The molecule has 1 amide bonds. The molecule has 6 heteroatoms. The number of hydrogen-bond acceptors (Lipinski definition) is 4. The minimum atomic E-state index is -0.352. The lowest BCUT2D eigenvalue weighted by molar-refractivity contribution is 0.0955. The SMILES string of the molecule is CC1CC(C)(C)N(C)c2cc(Cl)c(/C=N\NC(=O)c3ccc(O)cc3)cc21. The molecule has 0 saturated carbocycles. The molecule has 1 aliphatic heterocycles. The Morgan fingerprint density at radius 3 is 2.67 bits per heavy atom. The number of nitrogens with zero attached hydrogens (tertiary/aromatic N) is 2. The number of hydrogen-bond donors (Lipinski definition) is 2. The molecule has 0 saturated heterocycles. The Kier molecular flexibility index (Phi) is 5.16. The van der Waals surface area contributed by atoms with Crippen LogP contribution >= 0.6 is 11.6 Å². The van der Waals surface area contributed by atoms with Gasteiger partial charge in [0.15, 0.2) is 0 Å². The van der Waals surface area contributed by atoms with E-state index in [1.807, 2.05) is 12.1 Å². The Balaban J connectivity index is 1.80. The van der Waals surface area contributed by atoms with Crippen molar-refractivity contribution in [2.45, 2.75) is 38.6 Å². The highest BCUT2D eigenvalue weighted by Gasteiger charge is 2.34. The second-order valence-electron chi connectivity index (χ2n) is 7.66. The number of nitrogens with one attached hydrogen (secondary N) is 1. The molecular formula is C21H24ClN3O2. The summed E-state index contributed by atoms with van der Waals surface area (Å²) in [5.41, 5.74) is 6.10. The van der Waals surface area contributed by atoms with Gasteiger partial charge in [-0.05, 0) is 68.1 Å². The number of fused-ring (bicyclic) bond motifs is 1. The van der Waals surface area contributed by atoms with E-state index < -0.39 is 0 Å². The van der Waals surface area contributed by atoms with E-state index in [2.05, 4.69) is 43.2 Å². The van der Waals surface area contributed by atoms with E-state index in [0.29, 0.717) is 16.5 Å². The second kappa shape index (κ2) is 7.24. The van der Waals surface area contributed by atoms with Gasteiger partial charge in [0.2, 0.25) is 0 Å². The molecule has 2 aromatic carbocycles. The number of amides is 1. The smallest absolute Gasteiger partial charge is 0.271 e. The first-order chi connectivity index (χ1) is 12.7. The number of hydrazone groups is 1. The molecule has 27 heavy (non-hydrogen) atoms. The third-order valence-electron chi connectivity index (χ3n) is 5.25. The molecule has 2 N–H and O–H groups in total. The Hall–Kier alpha value is -2.53. The van der Waals surface area contributed by atoms with Crippen LogP contribution in [0.25, 0.3) is 0 Å². The van der Waals surface area contributed by atoms with Crippen LogP contribution in [0.15, 0.2) is 41.5 Å². The molecular weight excluding hydrogens is 362 g/mol. The number of aromatic hydroxyl groups is 1. The van der Waals surface area contributed by atoms with Crippen molar-refractivity contribution in [3.63, 3.8) is 0 Å². The monoisotopic (exact) mass is 385 g/mol. The molecule has 0 spiro atoms. The molecule has 1 unspecified atom stereocenters. The molecule has 0 aliphatic carbocycles. The van der Waals surface area contributed by atoms with Crippen LogP contribution in [-0.2, 0) is 0 Å². The number of halogens is 1. The number of rotatable bonds is 3. The minimum Gasteiger partial charge on any atom is -0.508 e. The van der Waals surface area contributed by atoms with Crippen LogP contribution in [0, 0.1) is 0 Å². The van der Waals surface area contributed by atoms with Crippen LogP contribution in [0.3, 0.4) is 0 Å². The van der Waals surface area contributed by atoms with Crippen LogP contribution in [0.5, 0.6) is 5.75 Å². The Labute approximate surface area is 164 Å². The zero-order valence-electron chi connectivity index (χ0n) is 16.0. The van der Waals surface area contributed by atoms with E-state index in [9.17, 15) is 9.90 Å². The Morgan fingerprint density at radius 2 is 2.00 bits per heavy atom. The minimum absolute atomic E-state index is 0.0729. The van der Waals surface area contributed by atoms with E-state index in [-0.39, 0.29) is 17.2 Å². The van der Waals surface area contributed by atoms with Crippen LogP contribution in [0.1, 0.15) is 54.6 Å². The molecule has 5 nitrogen and oxygen atoms in total. The number of phenols is 1. The predicted molar refractivity (Wildman–Crippen MR) is 110 cm³/mol. The van der Waals surface area contributed by atoms with E-state index in [1.165, 1.54) is 29.8 Å². The standard InChI is InChI=1S/C21H24ClN3O2/c1-13-11-21(2,3)25(4)19-10-18(22)15(9-17(13)19)12-23-24-20(27)14-5-7-16(26)8-6-14/h5-10,12-13,26H,11H2,1-4H3,(H,24,27)/b23-12-. The molecule has 2 aromatic rings. The van der Waals surface area contributed by atoms with Crippen LogP contribution in [0.4, 0.5) is 5.69 Å². The summed E-state index contributed by atoms with van der Waals surface area (Å²) in [6.45, 7) is 6.68. The lowest BCUT2D eigenvalue weighted by Crippen LogP contribution is -2.45. The van der Waals surface area contributed by atoms with Crippen LogP contribution in [0.2, 0.25) is 5.02 Å². The summed E-state index contributed by atoms with van der Waals surface area (Å²) in [5.74, 6) is 0.163. The number of carbonyl (C=O) groups is 1. The Bertz CT molecular complexity index is 891. The van der Waals surface area contributed by atoms with Gasteiger partial charge in [-0.1, -0.05) is 18.5 Å². The largest absolute Gasteiger partial charge is 0.508 e. The highest BCUT2D eigenvalue weighted by atomic mass is 35.5. The van der Waals surface area contributed by atoms with Crippen LogP contribution < -0.4 is 10.3 Å². The maximum Gasteiger partial charge on any atom is 0.271 e. The summed E-state index contributed by atoms with van der Waals surface area (Å²) in [6, 6.07) is 10.00. The molecule has 1 aliphatic rings. The summed E-state index contributed by atoms with van der Waals surface area (Å²) in [5, 5.41) is 13.9. The maximum absolute atomic E-state index is 12.1. The third-order valence-corrected chi connectivity index (χ3v) is 5.58. The third kappa shape index (κ3) is 3.93. The quantitative estimate of drug-likeness (QED) is 0.602. The fourth-order valence-corrected chi connectivity index (χ4v) is 3.75. The van der Waals surface area contributed by atoms with Gasteiger partial charge >= 0.3 is 0 Å². The van der Waals surface area contributed by atoms with Crippen molar-refractivity contribution in [1.82, 2.24) is 5.43 Å². The van der Waals surface area contributed by atoms with Crippen LogP contribution in [-0.4, -0.2) is 29.8 Å². The van der Waals surface area contributed by atoms with Crippen molar-refractivity contribution in [3.05, 3.63) is 58.1 Å². The van der Waals surface area contributed by atoms with Gasteiger partial charge in [0.1, 0.15) is 5.75 Å². The number of benzene rings is 2.